The average molecular weight is 307 g/mol. The SMILES string of the molecule is CC1CCC(NC(=O)c2cc(C(C)C)n(C)n2)(C(=O)O)CC1. The van der Waals surface area contributed by atoms with Crippen molar-refractivity contribution in [2.45, 2.75) is 57.9 Å². The van der Waals surface area contributed by atoms with Gasteiger partial charge in [-0.25, -0.2) is 4.79 Å². The lowest BCUT2D eigenvalue weighted by Gasteiger charge is -2.36. The fraction of sp³-hybridized carbons (Fsp3) is 0.688. The highest BCUT2D eigenvalue weighted by atomic mass is 16.4. The summed E-state index contributed by atoms with van der Waals surface area (Å²) in [5.41, 5.74) is 0.0799. The van der Waals surface area contributed by atoms with E-state index in [2.05, 4.69) is 17.3 Å². The van der Waals surface area contributed by atoms with Gasteiger partial charge in [0, 0.05) is 12.7 Å². The van der Waals surface area contributed by atoms with E-state index in [1.165, 1.54) is 0 Å². The van der Waals surface area contributed by atoms with Gasteiger partial charge in [-0.1, -0.05) is 20.8 Å². The molecule has 1 fully saturated rings. The van der Waals surface area contributed by atoms with E-state index in [1.807, 2.05) is 13.8 Å². The van der Waals surface area contributed by atoms with Gasteiger partial charge in [-0.15, -0.1) is 0 Å². The summed E-state index contributed by atoms with van der Waals surface area (Å²) < 4.78 is 1.68. The Bertz CT molecular complexity index is 569. The fourth-order valence-corrected chi connectivity index (χ4v) is 3.06. The van der Waals surface area contributed by atoms with Crippen molar-refractivity contribution in [3.05, 3.63) is 17.5 Å². The monoisotopic (exact) mass is 307 g/mol. The number of carboxylic acid groups (broad SMARTS) is 1. The molecule has 0 radical (unpaired) electrons. The van der Waals surface area contributed by atoms with Crippen LogP contribution in [0.15, 0.2) is 6.07 Å². The van der Waals surface area contributed by atoms with Crippen molar-refractivity contribution < 1.29 is 14.7 Å². The summed E-state index contributed by atoms with van der Waals surface area (Å²) in [6.07, 6.45) is 2.57. The van der Waals surface area contributed by atoms with E-state index in [0.717, 1.165) is 18.5 Å². The Balaban J connectivity index is 2.18. The minimum atomic E-state index is -1.15. The number of amides is 1. The normalized spacial score (nSPS) is 25.2. The fourth-order valence-electron chi connectivity index (χ4n) is 3.06. The van der Waals surface area contributed by atoms with Crippen molar-refractivity contribution in [2.75, 3.05) is 0 Å². The van der Waals surface area contributed by atoms with Crippen LogP contribution in [0.3, 0.4) is 0 Å². The van der Waals surface area contributed by atoms with Crippen LogP contribution in [0.4, 0.5) is 0 Å². The molecule has 1 aliphatic rings. The third-order valence-electron chi connectivity index (χ3n) is 4.63. The van der Waals surface area contributed by atoms with Crippen molar-refractivity contribution in [3.63, 3.8) is 0 Å². The lowest BCUT2D eigenvalue weighted by molar-refractivity contribution is -0.146. The largest absolute Gasteiger partial charge is 0.480 e. The molecule has 0 saturated heterocycles. The molecule has 22 heavy (non-hydrogen) atoms. The summed E-state index contributed by atoms with van der Waals surface area (Å²) in [5, 5.41) is 16.5. The lowest BCUT2D eigenvalue weighted by Crippen LogP contribution is -2.56. The molecule has 122 valence electrons. The number of carbonyl (C=O) groups excluding carboxylic acids is 1. The van der Waals surface area contributed by atoms with Crippen LogP contribution in [0.1, 0.15) is 68.6 Å². The van der Waals surface area contributed by atoms with Crippen LogP contribution in [-0.4, -0.2) is 32.3 Å². The first kappa shape index (κ1) is 16.5. The number of aryl methyl sites for hydroxylation is 1. The first-order valence-electron chi connectivity index (χ1n) is 7.85. The van der Waals surface area contributed by atoms with E-state index < -0.39 is 17.4 Å². The molecule has 6 heteroatoms. The summed E-state index contributed by atoms with van der Waals surface area (Å²) in [5.74, 6) is -0.595. The van der Waals surface area contributed by atoms with Crippen molar-refractivity contribution in [2.24, 2.45) is 13.0 Å². The zero-order valence-electron chi connectivity index (χ0n) is 13.7. The highest BCUT2D eigenvalue weighted by Gasteiger charge is 2.43. The summed E-state index contributed by atoms with van der Waals surface area (Å²) >= 11 is 0. The molecule has 0 aromatic carbocycles. The van der Waals surface area contributed by atoms with Crippen LogP contribution in [0, 0.1) is 5.92 Å². The Morgan fingerprint density at radius 2 is 2.00 bits per heavy atom. The maximum atomic E-state index is 12.4. The second-order valence-electron chi connectivity index (χ2n) is 6.76. The second kappa shape index (κ2) is 6.10. The molecule has 1 saturated carbocycles. The van der Waals surface area contributed by atoms with E-state index in [1.54, 1.807) is 17.8 Å². The standard InChI is InChI=1S/C16H25N3O3/c1-10(2)13-9-12(18-19(13)4)14(20)17-16(15(21)22)7-5-11(3)6-8-16/h9-11H,5-8H2,1-4H3,(H,17,20)(H,21,22). The minimum absolute atomic E-state index is 0.253. The lowest BCUT2D eigenvalue weighted by atomic mass is 9.77. The number of nitrogens with one attached hydrogen (secondary N) is 1. The van der Waals surface area contributed by atoms with Gasteiger partial charge in [-0.2, -0.15) is 5.10 Å². The maximum absolute atomic E-state index is 12.4. The highest BCUT2D eigenvalue weighted by Crippen LogP contribution is 2.32. The zero-order valence-corrected chi connectivity index (χ0v) is 13.7. The van der Waals surface area contributed by atoms with Crippen molar-refractivity contribution in [1.82, 2.24) is 15.1 Å². The Kier molecular flexibility index (Phi) is 4.58. The van der Waals surface area contributed by atoms with Gasteiger partial charge < -0.3 is 10.4 Å². The summed E-state index contributed by atoms with van der Waals surface area (Å²) in [6.45, 7) is 6.17. The van der Waals surface area contributed by atoms with Crippen molar-refractivity contribution in [3.8, 4) is 0 Å². The molecule has 0 aliphatic heterocycles. The summed E-state index contributed by atoms with van der Waals surface area (Å²) in [4.78, 5) is 24.1. The maximum Gasteiger partial charge on any atom is 0.329 e. The van der Waals surface area contributed by atoms with Gasteiger partial charge in [0.2, 0.25) is 0 Å². The molecular formula is C16H25N3O3. The Morgan fingerprint density at radius 1 is 1.41 bits per heavy atom. The number of carbonyl (C=O) groups is 2. The van der Waals surface area contributed by atoms with Crippen LogP contribution >= 0.6 is 0 Å². The van der Waals surface area contributed by atoms with Gasteiger partial charge in [0.05, 0.1) is 0 Å². The van der Waals surface area contributed by atoms with Crippen molar-refractivity contribution >= 4 is 11.9 Å². The van der Waals surface area contributed by atoms with Crippen LogP contribution in [-0.2, 0) is 11.8 Å². The van der Waals surface area contributed by atoms with E-state index in [-0.39, 0.29) is 11.6 Å². The molecule has 0 atom stereocenters. The van der Waals surface area contributed by atoms with Crippen LogP contribution < -0.4 is 5.32 Å². The number of hydrogen-bond donors (Lipinski definition) is 2. The number of nitrogens with zero attached hydrogens (tertiary/aromatic N) is 2. The molecule has 0 bridgehead atoms. The number of carboxylic acids is 1. The molecule has 0 unspecified atom stereocenters. The number of rotatable bonds is 4. The molecule has 2 rings (SSSR count). The van der Waals surface area contributed by atoms with E-state index in [9.17, 15) is 14.7 Å². The van der Waals surface area contributed by atoms with Gasteiger partial charge in [0.25, 0.3) is 5.91 Å². The third-order valence-corrected chi connectivity index (χ3v) is 4.63. The molecule has 2 N–H and O–H groups in total. The average Bonchev–Trinajstić information content (AvgIpc) is 2.83. The minimum Gasteiger partial charge on any atom is -0.480 e. The summed E-state index contributed by atoms with van der Waals surface area (Å²) in [6, 6.07) is 1.74. The van der Waals surface area contributed by atoms with Crippen molar-refractivity contribution in [1.29, 1.82) is 0 Å². The van der Waals surface area contributed by atoms with Gasteiger partial charge in [-0.3, -0.25) is 9.48 Å². The van der Waals surface area contributed by atoms with Gasteiger partial charge >= 0.3 is 5.97 Å². The molecule has 1 heterocycles. The Hall–Kier alpha value is -1.85. The van der Waals surface area contributed by atoms with E-state index in [4.69, 9.17) is 0 Å². The van der Waals surface area contributed by atoms with Gasteiger partial charge in [-0.05, 0) is 43.6 Å². The number of hydrogen-bond acceptors (Lipinski definition) is 3. The van der Waals surface area contributed by atoms with E-state index >= 15 is 0 Å². The molecule has 6 nitrogen and oxygen atoms in total. The topological polar surface area (TPSA) is 84.2 Å². The Labute approximate surface area is 130 Å². The van der Waals surface area contributed by atoms with Crippen LogP contribution in [0.5, 0.6) is 0 Å². The highest BCUT2D eigenvalue weighted by molar-refractivity contribution is 5.96. The third kappa shape index (κ3) is 3.15. The first-order chi connectivity index (χ1) is 10.2. The molecule has 1 aromatic rings. The van der Waals surface area contributed by atoms with Gasteiger partial charge in [0.1, 0.15) is 11.2 Å². The Morgan fingerprint density at radius 3 is 2.45 bits per heavy atom. The molecule has 1 aromatic heterocycles. The molecule has 0 spiro atoms. The smallest absolute Gasteiger partial charge is 0.329 e. The zero-order chi connectivity index (χ0) is 16.5. The second-order valence-corrected chi connectivity index (χ2v) is 6.76. The predicted octanol–water partition coefficient (Wildman–Crippen LogP) is 2.31. The molecule has 1 amide bonds. The number of aromatic nitrogens is 2. The first-order valence-corrected chi connectivity index (χ1v) is 7.85. The van der Waals surface area contributed by atoms with E-state index in [0.29, 0.717) is 18.8 Å². The quantitative estimate of drug-likeness (QED) is 0.894. The molecular weight excluding hydrogens is 282 g/mol. The van der Waals surface area contributed by atoms with Crippen LogP contribution in [0.25, 0.3) is 0 Å². The predicted molar refractivity (Wildman–Crippen MR) is 82.8 cm³/mol. The summed E-state index contributed by atoms with van der Waals surface area (Å²) in [7, 11) is 1.79. The number of aliphatic carboxylic acids is 1. The molecule has 1 aliphatic carbocycles. The van der Waals surface area contributed by atoms with Crippen LogP contribution in [0.2, 0.25) is 0 Å². The van der Waals surface area contributed by atoms with Gasteiger partial charge in [0.15, 0.2) is 0 Å².